The molecule has 0 fully saturated rings. The van der Waals surface area contributed by atoms with Crippen LogP contribution in [0.15, 0.2) is 46.4 Å². The molecular formula is C15H7Cl2N3OS2. The van der Waals surface area contributed by atoms with E-state index in [4.69, 9.17) is 23.2 Å². The molecule has 0 bridgehead atoms. The lowest BCUT2D eigenvalue weighted by molar-refractivity contribution is 0.102. The fourth-order valence-corrected chi connectivity index (χ4v) is 2.42. The van der Waals surface area contributed by atoms with Crippen molar-refractivity contribution in [1.29, 1.82) is 0 Å². The standard InChI is InChI=1S/C15H7Cl2N3OS2/c16-12-5-9(18-7-22)1-3-11(12)15(21)20-10-2-4-14(19-8-23)13(17)6-10/h1-6H,(H,20,21). The van der Waals surface area contributed by atoms with Crippen LogP contribution < -0.4 is 5.32 Å². The zero-order valence-electron chi connectivity index (χ0n) is 11.3. The summed E-state index contributed by atoms with van der Waals surface area (Å²) in [4.78, 5) is 19.9. The summed E-state index contributed by atoms with van der Waals surface area (Å²) in [5.41, 5.74) is 1.79. The van der Waals surface area contributed by atoms with Gasteiger partial charge in [0.25, 0.3) is 5.91 Å². The maximum Gasteiger partial charge on any atom is 0.257 e. The third-order valence-electron chi connectivity index (χ3n) is 2.74. The summed E-state index contributed by atoms with van der Waals surface area (Å²) in [7, 11) is 0. The van der Waals surface area contributed by atoms with Crippen molar-refractivity contribution in [1.82, 2.24) is 0 Å². The third kappa shape index (κ3) is 4.53. The van der Waals surface area contributed by atoms with Gasteiger partial charge < -0.3 is 5.32 Å². The van der Waals surface area contributed by atoms with Gasteiger partial charge in [-0.1, -0.05) is 23.2 Å². The Balaban J connectivity index is 2.23. The Morgan fingerprint density at radius 3 is 2.35 bits per heavy atom. The van der Waals surface area contributed by atoms with Crippen LogP contribution in [0.1, 0.15) is 10.4 Å². The Hall–Kier alpha value is -1.91. The van der Waals surface area contributed by atoms with E-state index in [0.717, 1.165) is 0 Å². The van der Waals surface area contributed by atoms with Crippen LogP contribution in [0.4, 0.5) is 17.1 Å². The van der Waals surface area contributed by atoms with Gasteiger partial charge in [-0.15, -0.1) is 0 Å². The molecule has 1 N–H and O–H groups in total. The van der Waals surface area contributed by atoms with Crippen molar-refractivity contribution in [3.63, 3.8) is 0 Å². The minimum absolute atomic E-state index is 0.252. The number of carbonyl (C=O) groups is 1. The summed E-state index contributed by atoms with van der Waals surface area (Å²) in [6, 6.07) is 9.52. The molecule has 0 saturated heterocycles. The fourth-order valence-electron chi connectivity index (χ4n) is 1.73. The van der Waals surface area contributed by atoms with Gasteiger partial charge in [-0.2, -0.15) is 9.98 Å². The topological polar surface area (TPSA) is 53.8 Å². The Morgan fingerprint density at radius 1 is 1.00 bits per heavy atom. The van der Waals surface area contributed by atoms with Crippen LogP contribution in [0.5, 0.6) is 0 Å². The number of hydrogen-bond acceptors (Lipinski definition) is 5. The number of isothiocyanates is 2. The molecule has 0 aliphatic rings. The van der Waals surface area contributed by atoms with Crippen molar-refractivity contribution in [3.05, 3.63) is 52.0 Å². The fraction of sp³-hybridized carbons (Fsp3) is 0. The van der Waals surface area contributed by atoms with E-state index in [-0.39, 0.29) is 10.9 Å². The first-order valence-corrected chi connectivity index (χ1v) is 7.68. The molecule has 0 aromatic heterocycles. The average Bonchev–Trinajstić information content (AvgIpc) is 2.50. The minimum atomic E-state index is -0.380. The van der Waals surface area contributed by atoms with Gasteiger partial charge in [0.15, 0.2) is 0 Å². The minimum Gasteiger partial charge on any atom is -0.322 e. The number of carbonyl (C=O) groups excluding carboxylic acids is 1. The lowest BCUT2D eigenvalue weighted by Crippen LogP contribution is -2.12. The lowest BCUT2D eigenvalue weighted by atomic mass is 10.2. The maximum atomic E-state index is 12.3. The number of hydrogen-bond donors (Lipinski definition) is 1. The molecule has 0 aliphatic carbocycles. The Bertz CT molecular complexity index is 873. The van der Waals surface area contributed by atoms with Crippen molar-refractivity contribution in [2.24, 2.45) is 9.98 Å². The molecule has 0 aliphatic heterocycles. The van der Waals surface area contributed by atoms with E-state index in [0.29, 0.717) is 27.6 Å². The first kappa shape index (κ1) is 17.4. The summed E-state index contributed by atoms with van der Waals surface area (Å²) in [5.74, 6) is -0.380. The summed E-state index contributed by atoms with van der Waals surface area (Å²) in [5, 5.41) is 7.76. The first-order valence-electron chi connectivity index (χ1n) is 6.11. The molecule has 1 amide bonds. The van der Waals surface area contributed by atoms with Crippen LogP contribution >= 0.6 is 47.6 Å². The summed E-state index contributed by atoms with van der Waals surface area (Å²) < 4.78 is 0. The Labute approximate surface area is 152 Å². The highest BCUT2D eigenvalue weighted by Gasteiger charge is 2.12. The highest BCUT2D eigenvalue weighted by molar-refractivity contribution is 7.78. The molecular weight excluding hydrogens is 373 g/mol. The predicted octanol–water partition coefficient (Wildman–Crippen LogP) is 5.71. The number of halogens is 2. The van der Waals surface area contributed by atoms with E-state index in [9.17, 15) is 4.79 Å². The van der Waals surface area contributed by atoms with Gasteiger partial charge >= 0.3 is 0 Å². The van der Waals surface area contributed by atoms with Crippen LogP contribution in [-0.4, -0.2) is 16.2 Å². The molecule has 8 heteroatoms. The van der Waals surface area contributed by atoms with E-state index in [1.165, 1.54) is 6.07 Å². The number of thiocarbonyl (C=S) groups is 2. The van der Waals surface area contributed by atoms with Crippen LogP contribution in [0.3, 0.4) is 0 Å². The molecule has 0 radical (unpaired) electrons. The van der Waals surface area contributed by atoms with Crippen molar-refractivity contribution >= 4 is 80.9 Å². The van der Waals surface area contributed by atoms with Crippen molar-refractivity contribution in [2.45, 2.75) is 0 Å². The molecule has 0 unspecified atom stereocenters. The van der Waals surface area contributed by atoms with Crippen molar-refractivity contribution < 1.29 is 4.79 Å². The monoisotopic (exact) mass is 379 g/mol. The number of anilines is 1. The van der Waals surface area contributed by atoms with Gasteiger partial charge in [0, 0.05) is 5.69 Å². The second-order valence-corrected chi connectivity index (χ2v) is 5.37. The zero-order chi connectivity index (χ0) is 16.8. The van der Waals surface area contributed by atoms with Crippen LogP contribution in [0.2, 0.25) is 10.0 Å². The van der Waals surface area contributed by atoms with E-state index in [1.54, 1.807) is 30.3 Å². The van der Waals surface area contributed by atoms with E-state index in [2.05, 4.69) is 50.1 Å². The van der Waals surface area contributed by atoms with Gasteiger partial charge in [-0.25, -0.2) is 0 Å². The summed E-state index contributed by atoms with van der Waals surface area (Å²) in [6.45, 7) is 0. The predicted molar refractivity (Wildman–Crippen MR) is 100 cm³/mol. The molecule has 0 heterocycles. The average molecular weight is 380 g/mol. The highest BCUT2D eigenvalue weighted by atomic mass is 35.5. The van der Waals surface area contributed by atoms with E-state index >= 15 is 0 Å². The number of benzene rings is 2. The quantitative estimate of drug-likeness (QED) is 0.546. The zero-order valence-corrected chi connectivity index (χ0v) is 14.5. The lowest BCUT2D eigenvalue weighted by Gasteiger charge is -2.08. The normalized spacial score (nSPS) is 9.48. The smallest absolute Gasteiger partial charge is 0.257 e. The van der Waals surface area contributed by atoms with Crippen LogP contribution in [-0.2, 0) is 0 Å². The van der Waals surface area contributed by atoms with Gasteiger partial charge in [-0.3, -0.25) is 4.79 Å². The molecule has 0 saturated carbocycles. The van der Waals surface area contributed by atoms with Gasteiger partial charge in [-0.05, 0) is 60.8 Å². The number of nitrogens with zero attached hydrogens (tertiary/aromatic N) is 2. The second-order valence-electron chi connectivity index (χ2n) is 4.19. The Morgan fingerprint density at radius 2 is 1.74 bits per heavy atom. The third-order valence-corrected chi connectivity index (χ3v) is 3.54. The van der Waals surface area contributed by atoms with Gasteiger partial charge in [0.2, 0.25) is 0 Å². The number of nitrogens with one attached hydrogen (secondary N) is 1. The molecule has 0 atom stereocenters. The van der Waals surface area contributed by atoms with Crippen molar-refractivity contribution in [2.75, 3.05) is 5.32 Å². The Kier molecular flexibility index (Phi) is 6.13. The SMILES string of the molecule is O=C(Nc1ccc(N=C=S)c(Cl)c1)c1ccc(N=C=S)cc1Cl. The maximum absolute atomic E-state index is 12.3. The molecule has 0 spiro atoms. The molecule has 2 aromatic rings. The summed E-state index contributed by atoms with van der Waals surface area (Å²) in [6.07, 6.45) is 0. The van der Waals surface area contributed by atoms with Crippen molar-refractivity contribution in [3.8, 4) is 0 Å². The van der Waals surface area contributed by atoms with Gasteiger partial charge in [0.05, 0.1) is 37.3 Å². The molecule has 2 aromatic carbocycles. The molecule has 4 nitrogen and oxygen atoms in total. The number of amides is 1. The van der Waals surface area contributed by atoms with E-state index in [1.807, 2.05) is 0 Å². The van der Waals surface area contributed by atoms with E-state index < -0.39 is 0 Å². The number of rotatable bonds is 4. The van der Waals surface area contributed by atoms with Gasteiger partial charge in [0.1, 0.15) is 0 Å². The van der Waals surface area contributed by atoms with Crippen LogP contribution in [0.25, 0.3) is 0 Å². The van der Waals surface area contributed by atoms with Crippen LogP contribution in [0, 0.1) is 0 Å². The second kappa shape index (κ2) is 8.09. The molecule has 2 rings (SSSR count). The molecule has 114 valence electrons. The highest BCUT2D eigenvalue weighted by Crippen LogP contribution is 2.28. The summed E-state index contributed by atoms with van der Waals surface area (Å²) >= 11 is 21.2. The first-order chi connectivity index (χ1) is 11.0. The molecule has 23 heavy (non-hydrogen) atoms. The largest absolute Gasteiger partial charge is 0.322 e. The number of aliphatic imine (C=N–C) groups is 2.